The van der Waals surface area contributed by atoms with Gasteiger partial charge in [-0.25, -0.2) is 0 Å². The van der Waals surface area contributed by atoms with E-state index >= 15 is 0 Å². The quantitative estimate of drug-likeness (QED) is 0.842. The molecule has 0 aromatic heterocycles. The van der Waals surface area contributed by atoms with E-state index in [1.807, 2.05) is 0 Å². The number of aliphatic hydroxyl groups is 1. The summed E-state index contributed by atoms with van der Waals surface area (Å²) >= 11 is 5.90. The van der Waals surface area contributed by atoms with Crippen LogP contribution in [0.25, 0.3) is 0 Å². The Balaban J connectivity index is 2.22. The second-order valence-electron chi connectivity index (χ2n) is 5.56. The summed E-state index contributed by atoms with van der Waals surface area (Å²) < 4.78 is 35.0. The number of benzene rings is 1. The number of fused-ring (bicyclic) bond motifs is 1. The summed E-state index contributed by atoms with van der Waals surface area (Å²) in [5.74, 6) is -4.34. The third kappa shape index (κ3) is 2.13. The van der Waals surface area contributed by atoms with E-state index in [1.165, 1.54) is 6.92 Å². The summed E-state index contributed by atoms with van der Waals surface area (Å²) in [4.78, 5) is 24.4. The highest BCUT2D eigenvalue weighted by atomic mass is 35.5. The van der Waals surface area contributed by atoms with E-state index in [0.717, 1.165) is 12.1 Å². The lowest BCUT2D eigenvalue weighted by molar-refractivity contribution is -0.118. The second-order valence-corrected chi connectivity index (χ2v) is 5.94. The van der Waals surface area contributed by atoms with Gasteiger partial charge in [-0.15, -0.1) is 0 Å². The SMILES string of the molecule is C[C@@H]1CC(=O)C=C(O)[C@@]12Oc1c(Cl)c(O)cc(OC(F)F)c1C2=O. The van der Waals surface area contributed by atoms with Gasteiger partial charge in [-0.3, -0.25) is 9.59 Å². The summed E-state index contributed by atoms with van der Waals surface area (Å²) in [5.41, 5.74) is -2.38. The van der Waals surface area contributed by atoms with Crippen LogP contribution in [0.3, 0.4) is 0 Å². The number of phenols is 1. The topological polar surface area (TPSA) is 93.1 Å². The number of hydrogen-bond acceptors (Lipinski definition) is 6. The maximum Gasteiger partial charge on any atom is 0.387 e. The molecular weight excluding hydrogens is 350 g/mol. The fourth-order valence-electron chi connectivity index (χ4n) is 3.00. The van der Waals surface area contributed by atoms with Crippen LogP contribution >= 0.6 is 11.6 Å². The average molecular weight is 361 g/mol. The number of ketones is 2. The lowest BCUT2D eigenvalue weighted by Gasteiger charge is -2.34. The monoisotopic (exact) mass is 360 g/mol. The summed E-state index contributed by atoms with van der Waals surface area (Å²) in [6, 6.07) is 0.771. The summed E-state index contributed by atoms with van der Waals surface area (Å²) in [6.45, 7) is -1.76. The highest BCUT2D eigenvalue weighted by Crippen LogP contribution is 2.53. The van der Waals surface area contributed by atoms with E-state index in [0.29, 0.717) is 0 Å². The van der Waals surface area contributed by atoms with Crippen LogP contribution in [0.2, 0.25) is 5.02 Å². The van der Waals surface area contributed by atoms with Crippen LogP contribution in [0.5, 0.6) is 17.2 Å². The van der Waals surface area contributed by atoms with Gasteiger partial charge in [-0.05, 0) is 0 Å². The van der Waals surface area contributed by atoms with Crippen molar-refractivity contribution in [1.29, 1.82) is 0 Å². The van der Waals surface area contributed by atoms with Crippen LogP contribution in [0, 0.1) is 5.92 Å². The summed E-state index contributed by atoms with van der Waals surface area (Å²) in [5, 5.41) is 19.5. The van der Waals surface area contributed by atoms with Crippen molar-refractivity contribution >= 4 is 23.2 Å². The molecule has 0 bridgehead atoms. The lowest BCUT2D eigenvalue weighted by Crippen LogP contribution is -2.51. The normalized spacial score (nSPS) is 25.7. The Morgan fingerprint density at radius 2 is 2.08 bits per heavy atom. The number of rotatable bonds is 2. The number of carbonyl (C=O) groups excluding carboxylic acids is 2. The highest BCUT2D eigenvalue weighted by molar-refractivity contribution is 6.35. The third-order valence-electron chi connectivity index (χ3n) is 4.09. The first kappa shape index (κ1) is 16.5. The summed E-state index contributed by atoms with van der Waals surface area (Å²) in [7, 11) is 0. The maximum absolute atomic E-state index is 12.9. The molecule has 1 heterocycles. The Morgan fingerprint density at radius 1 is 1.42 bits per heavy atom. The van der Waals surface area contributed by atoms with E-state index < -0.39 is 52.5 Å². The molecule has 1 aromatic carbocycles. The molecule has 6 nitrogen and oxygen atoms in total. The zero-order valence-corrected chi connectivity index (χ0v) is 12.9. The third-order valence-corrected chi connectivity index (χ3v) is 4.45. The van der Waals surface area contributed by atoms with E-state index in [-0.39, 0.29) is 17.2 Å². The highest BCUT2D eigenvalue weighted by Gasteiger charge is 2.59. The Hall–Kier alpha value is -2.35. The first-order valence-electron chi connectivity index (χ1n) is 6.86. The van der Waals surface area contributed by atoms with Crippen LogP contribution in [-0.4, -0.2) is 34.0 Å². The molecular formula is C15H11ClF2O6. The van der Waals surface area contributed by atoms with Gasteiger partial charge in [0.15, 0.2) is 11.5 Å². The molecule has 3 rings (SSSR count). The van der Waals surface area contributed by atoms with Gasteiger partial charge in [0.1, 0.15) is 27.8 Å². The van der Waals surface area contributed by atoms with Crippen molar-refractivity contribution in [3.63, 3.8) is 0 Å². The Labute approximate surface area is 139 Å². The Kier molecular flexibility index (Phi) is 3.67. The van der Waals surface area contributed by atoms with Crippen LogP contribution in [-0.2, 0) is 4.79 Å². The molecule has 0 unspecified atom stereocenters. The van der Waals surface area contributed by atoms with Gasteiger partial charge in [-0.1, -0.05) is 18.5 Å². The molecule has 1 aromatic rings. The molecule has 0 fully saturated rings. The molecule has 2 N–H and O–H groups in total. The molecule has 1 aliphatic heterocycles. The largest absolute Gasteiger partial charge is 0.507 e. The molecule has 0 amide bonds. The smallest absolute Gasteiger partial charge is 0.387 e. The van der Waals surface area contributed by atoms with E-state index in [9.17, 15) is 28.6 Å². The number of phenolic OH excluding ortho intramolecular Hbond substituents is 1. The van der Waals surface area contributed by atoms with Crippen LogP contribution in [0.4, 0.5) is 8.78 Å². The molecule has 9 heteroatoms. The molecule has 1 aliphatic carbocycles. The van der Waals surface area contributed by atoms with E-state index in [2.05, 4.69) is 4.74 Å². The number of aromatic hydroxyl groups is 1. The number of carbonyl (C=O) groups is 2. The fourth-order valence-corrected chi connectivity index (χ4v) is 3.19. The molecule has 1 spiro atoms. The van der Waals surface area contributed by atoms with Gasteiger partial charge in [-0.2, -0.15) is 8.78 Å². The molecule has 0 saturated heterocycles. The fraction of sp³-hybridized carbons (Fsp3) is 0.333. The van der Waals surface area contributed by atoms with E-state index in [4.69, 9.17) is 16.3 Å². The second kappa shape index (κ2) is 5.34. The summed E-state index contributed by atoms with van der Waals surface area (Å²) in [6.07, 6.45) is 0.754. The minimum absolute atomic E-state index is 0.0988. The van der Waals surface area contributed by atoms with Crippen molar-refractivity contribution in [2.24, 2.45) is 5.92 Å². The molecule has 0 radical (unpaired) electrons. The number of alkyl halides is 2. The van der Waals surface area contributed by atoms with Gasteiger partial charge < -0.3 is 19.7 Å². The van der Waals surface area contributed by atoms with Gasteiger partial charge in [0.2, 0.25) is 11.4 Å². The van der Waals surface area contributed by atoms with Gasteiger partial charge >= 0.3 is 6.61 Å². The first-order valence-corrected chi connectivity index (χ1v) is 7.24. The Bertz CT molecular complexity index is 791. The number of halogens is 3. The zero-order valence-electron chi connectivity index (χ0n) is 12.2. The number of Topliss-reactive ketones (excluding diaryl/α,β-unsaturated/α-hetero) is 1. The van der Waals surface area contributed by atoms with Crippen molar-refractivity contribution in [3.8, 4) is 17.2 Å². The molecule has 2 atom stereocenters. The standard InChI is InChI=1S/C15H11ClF2O6/c1-5-2-6(19)3-9(21)15(5)13(22)10-8(23-14(17)18)4-7(20)11(16)12(10)24-15/h3-5,14,20-21H,2H2,1H3/t5-,15+/m1/s1. The molecule has 2 aliphatic rings. The van der Waals surface area contributed by atoms with Crippen molar-refractivity contribution in [3.05, 3.63) is 28.5 Å². The zero-order chi connectivity index (χ0) is 17.8. The van der Waals surface area contributed by atoms with Gasteiger partial charge in [0, 0.05) is 24.5 Å². The van der Waals surface area contributed by atoms with Crippen LogP contribution < -0.4 is 9.47 Å². The van der Waals surface area contributed by atoms with Crippen LogP contribution in [0.1, 0.15) is 23.7 Å². The maximum atomic E-state index is 12.9. The minimum atomic E-state index is -3.26. The number of ether oxygens (including phenoxy) is 2. The van der Waals surface area contributed by atoms with Crippen molar-refractivity contribution in [1.82, 2.24) is 0 Å². The predicted octanol–water partition coefficient (Wildman–Crippen LogP) is 3.01. The molecule has 0 saturated carbocycles. The number of allylic oxidation sites excluding steroid dienone is 1. The van der Waals surface area contributed by atoms with Crippen molar-refractivity contribution < 1.29 is 38.1 Å². The van der Waals surface area contributed by atoms with E-state index in [1.54, 1.807) is 0 Å². The first-order chi connectivity index (χ1) is 11.2. The molecule has 24 heavy (non-hydrogen) atoms. The van der Waals surface area contributed by atoms with Crippen molar-refractivity contribution in [2.45, 2.75) is 25.6 Å². The van der Waals surface area contributed by atoms with Gasteiger partial charge in [0.25, 0.3) is 0 Å². The Morgan fingerprint density at radius 3 is 2.67 bits per heavy atom. The lowest BCUT2D eigenvalue weighted by atomic mass is 9.75. The minimum Gasteiger partial charge on any atom is -0.507 e. The number of hydrogen-bond donors (Lipinski definition) is 2. The molecule has 128 valence electrons. The predicted molar refractivity (Wildman–Crippen MR) is 76.9 cm³/mol. The van der Waals surface area contributed by atoms with Crippen LogP contribution in [0.15, 0.2) is 17.9 Å². The van der Waals surface area contributed by atoms with Gasteiger partial charge in [0.05, 0.1) is 0 Å². The average Bonchev–Trinajstić information content (AvgIpc) is 2.77. The van der Waals surface area contributed by atoms with Crippen molar-refractivity contribution in [2.75, 3.05) is 0 Å². The number of aliphatic hydroxyl groups excluding tert-OH is 1.